The van der Waals surface area contributed by atoms with Gasteiger partial charge in [-0.1, -0.05) is 6.07 Å². The molecule has 0 heterocycles. The summed E-state index contributed by atoms with van der Waals surface area (Å²) in [4.78, 5) is 22.2. The van der Waals surface area contributed by atoms with Crippen molar-refractivity contribution in [2.45, 2.75) is 0 Å². The van der Waals surface area contributed by atoms with Crippen molar-refractivity contribution in [3.8, 4) is 17.6 Å². The Morgan fingerprint density at radius 3 is 2.50 bits per heavy atom. The number of benzene rings is 2. The van der Waals surface area contributed by atoms with E-state index in [1.807, 2.05) is 6.07 Å². The summed E-state index contributed by atoms with van der Waals surface area (Å²) in [5.74, 6) is -0.135. The standard InChI is InChI=1S/C17H12N2O5/c1-23-16-11-12(3-2-10-18)4-9-15(16)24-17(20)13-5-7-14(8-6-13)19(21)22/h2-9,11H,1H3/b3-2-. The van der Waals surface area contributed by atoms with Gasteiger partial charge < -0.3 is 9.47 Å². The maximum absolute atomic E-state index is 12.1. The summed E-state index contributed by atoms with van der Waals surface area (Å²) in [5, 5.41) is 19.1. The van der Waals surface area contributed by atoms with E-state index < -0.39 is 10.9 Å². The molecule has 120 valence electrons. The highest BCUT2D eigenvalue weighted by Crippen LogP contribution is 2.29. The van der Waals surface area contributed by atoms with Crippen molar-refractivity contribution in [3.05, 3.63) is 69.8 Å². The minimum Gasteiger partial charge on any atom is -0.493 e. The fourth-order valence-corrected chi connectivity index (χ4v) is 1.88. The maximum Gasteiger partial charge on any atom is 0.343 e. The van der Waals surface area contributed by atoms with Crippen LogP contribution in [0, 0.1) is 21.4 Å². The number of ether oxygens (including phenoxy) is 2. The van der Waals surface area contributed by atoms with Crippen LogP contribution in [0.25, 0.3) is 6.08 Å². The van der Waals surface area contributed by atoms with Crippen LogP contribution in [-0.4, -0.2) is 18.0 Å². The summed E-state index contributed by atoms with van der Waals surface area (Å²) in [5.41, 5.74) is 0.775. The number of nitro groups is 1. The molecule has 2 aromatic rings. The molecule has 0 aliphatic heterocycles. The number of nitro benzene ring substituents is 1. The lowest BCUT2D eigenvalue weighted by Gasteiger charge is -2.10. The van der Waals surface area contributed by atoms with Gasteiger partial charge in [-0.15, -0.1) is 0 Å². The summed E-state index contributed by atoms with van der Waals surface area (Å²) >= 11 is 0. The fraction of sp³-hybridized carbons (Fsp3) is 0.0588. The van der Waals surface area contributed by atoms with Crippen LogP contribution in [0.3, 0.4) is 0 Å². The van der Waals surface area contributed by atoms with Gasteiger partial charge in [0.15, 0.2) is 11.5 Å². The highest BCUT2D eigenvalue weighted by molar-refractivity contribution is 5.91. The minimum absolute atomic E-state index is 0.113. The number of carbonyl (C=O) groups is 1. The van der Waals surface area contributed by atoms with Gasteiger partial charge in [0.05, 0.1) is 23.7 Å². The summed E-state index contributed by atoms with van der Waals surface area (Å²) in [6, 6.07) is 11.8. The molecule has 0 aromatic heterocycles. The Morgan fingerprint density at radius 1 is 1.21 bits per heavy atom. The molecule has 0 spiro atoms. The largest absolute Gasteiger partial charge is 0.493 e. The van der Waals surface area contributed by atoms with E-state index in [4.69, 9.17) is 14.7 Å². The topological polar surface area (TPSA) is 102 Å². The van der Waals surface area contributed by atoms with E-state index in [1.54, 1.807) is 24.3 Å². The third-order valence-corrected chi connectivity index (χ3v) is 3.05. The van der Waals surface area contributed by atoms with Gasteiger partial charge in [-0.2, -0.15) is 5.26 Å². The van der Waals surface area contributed by atoms with E-state index in [2.05, 4.69) is 0 Å². The second-order valence-electron chi connectivity index (χ2n) is 4.57. The van der Waals surface area contributed by atoms with Crippen molar-refractivity contribution < 1.29 is 19.2 Å². The lowest BCUT2D eigenvalue weighted by atomic mass is 10.2. The van der Waals surface area contributed by atoms with Crippen LogP contribution in [0.4, 0.5) is 5.69 Å². The smallest absolute Gasteiger partial charge is 0.343 e. The Hall–Kier alpha value is -3.66. The number of esters is 1. The molecule has 0 unspecified atom stereocenters. The van der Waals surface area contributed by atoms with Crippen LogP contribution < -0.4 is 9.47 Å². The molecule has 0 saturated heterocycles. The number of methoxy groups -OCH3 is 1. The van der Waals surface area contributed by atoms with Crippen LogP contribution in [0.1, 0.15) is 15.9 Å². The Labute approximate surface area is 137 Å². The molecule has 7 heteroatoms. The zero-order valence-electron chi connectivity index (χ0n) is 12.6. The van der Waals surface area contributed by atoms with E-state index >= 15 is 0 Å². The van der Waals surface area contributed by atoms with Crippen LogP contribution in [0.5, 0.6) is 11.5 Å². The SMILES string of the molecule is COc1cc(/C=C\C#N)ccc1OC(=O)c1ccc([N+](=O)[O-])cc1. The fourth-order valence-electron chi connectivity index (χ4n) is 1.88. The number of rotatable bonds is 5. The third-order valence-electron chi connectivity index (χ3n) is 3.05. The molecular formula is C17H12N2O5. The highest BCUT2D eigenvalue weighted by atomic mass is 16.6. The van der Waals surface area contributed by atoms with Crippen molar-refractivity contribution in [2.24, 2.45) is 0 Å². The lowest BCUT2D eigenvalue weighted by Crippen LogP contribution is -2.09. The normalized spacial score (nSPS) is 10.2. The minimum atomic E-state index is -0.663. The molecule has 0 N–H and O–H groups in total. The monoisotopic (exact) mass is 324 g/mol. The molecule has 0 saturated carbocycles. The molecule has 24 heavy (non-hydrogen) atoms. The summed E-state index contributed by atoms with van der Waals surface area (Å²) < 4.78 is 10.4. The van der Waals surface area contributed by atoms with Crippen LogP contribution in [0.15, 0.2) is 48.5 Å². The predicted molar refractivity (Wildman–Crippen MR) is 85.7 cm³/mol. The average molecular weight is 324 g/mol. The molecule has 2 aromatic carbocycles. The zero-order chi connectivity index (χ0) is 17.5. The first-order valence-electron chi connectivity index (χ1n) is 6.76. The maximum atomic E-state index is 12.1. The third kappa shape index (κ3) is 3.96. The molecule has 0 aliphatic carbocycles. The molecule has 0 fully saturated rings. The first kappa shape index (κ1) is 16.7. The number of hydrogen-bond acceptors (Lipinski definition) is 6. The number of carbonyl (C=O) groups excluding carboxylic acids is 1. The van der Waals surface area contributed by atoms with Crippen molar-refractivity contribution in [1.82, 2.24) is 0 Å². The summed E-state index contributed by atoms with van der Waals surface area (Å²) in [6.07, 6.45) is 2.90. The number of allylic oxidation sites excluding steroid dienone is 1. The molecular weight excluding hydrogens is 312 g/mol. The Bertz CT molecular complexity index is 835. The van der Waals surface area contributed by atoms with Gasteiger partial charge in [-0.05, 0) is 35.9 Å². The quantitative estimate of drug-likeness (QED) is 0.275. The molecule has 2 rings (SSSR count). The van der Waals surface area contributed by atoms with Crippen LogP contribution in [0.2, 0.25) is 0 Å². The first-order chi connectivity index (χ1) is 11.5. The summed E-state index contributed by atoms with van der Waals surface area (Å²) in [6.45, 7) is 0. The molecule has 0 bridgehead atoms. The molecule has 0 amide bonds. The van der Waals surface area contributed by atoms with Crippen molar-refractivity contribution in [2.75, 3.05) is 7.11 Å². The van der Waals surface area contributed by atoms with Gasteiger partial charge in [0.2, 0.25) is 0 Å². The van der Waals surface area contributed by atoms with Gasteiger partial charge in [0.1, 0.15) is 0 Å². The van der Waals surface area contributed by atoms with Gasteiger partial charge in [0.25, 0.3) is 5.69 Å². The van der Waals surface area contributed by atoms with Crippen molar-refractivity contribution in [1.29, 1.82) is 5.26 Å². The van der Waals surface area contributed by atoms with Crippen molar-refractivity contribution >= 4 is 17.7 Å². The average Bonchev–Trinajstić information content (AvgIpc) is 2.60. The zero-order valence-corrected chi connectivity index (χ0v) is 12.6. The molecule has 0 aliphatic rings. The number of hydrogen-bond donors (Lipinski definition) is 0. The lowest BCUT2D eigenvalue weighted by molar-refractivity contribution is -0.384. The van der Waals surface area contributed by atoms with E-state index in [1.165, 1.54) is 37.5 Å². The van der Waals surface area contributed by atoms with Gasteiger partial charge >= 0.3 is 5.97 Å². The first-order valence-corrected chi connectivity index (χ1v) is 6.76. The Balaban J connectivity index is 2.20. The van der Waals surface area contributed by atoms with Crippen LogP contribution >= 0.6 is 0 Å². The Morgan fingerprint density at radius 2 is 1.92 bits per heavy atom. The molecule has 0 atom stereocenters. The molecule has 0 radical (unpaired) electrons. The number of non-ortho nitro benzene ring substituents is 1. The highest BCUT2D eigenvalue weighted by Gasteiger charge is 2.14. The Kier molecular flexibility index (Phi) is 5.26. The van der Waals surface area contributed by atoms with E-state index in [9.17, 15) is 14.9 Å². The molecule has 7 nitrogen and oxygen atoms in total. The second kappa shape index (κ2) is 7.56. The van der Waals surface area contributed by atoms with E-state index in [0.29, 0.717) is 11.3 Å². The van der Waals surface area contributed by atoms with Gasteiger partial charge in [-0.3, -0.25) is 10.1 Å². The predicted octanol–water partition coefficient (Wildman–Crippen LogP) is 3.36. The van der Waals surface area contributed by atoms with Crippen LogP contribution in [-0.2, 0) is 0 Å². The van der Waals surface area contributed by atoms with Gasteiger partial charge in [-0.25, -0.2) is 4.79 Å². The van der Waals surface area contributed by atoms with Gasteiger partial charge in [0, 0.05) is 18.2 Å². The van der Waals surface area contributed by atoms with E-state index in [-0.39, 0.29) is 17.0 Å². The number of nitriles is 1. The number of nitrogens with zero attached hydrogens (tertiary/aromatic N) is 2. The van der Waals surface area contributed by atoms with E-state index in [0.717, 1.165) is 0 Å². The van der Waals surface area contributed by atoms with Crippen molar-refractivity contribution in [3.63, 3.8) is 0 Å². The second-order valence-corrected chi connectivity index (χ2v) is 4.57. The summed E-state index contributed by atoms with van der Waals surface area (Å²) in [7, 11) is 1.43.